The molecule has 0 radical (unpaired) electrons. The molecule has 1 amide bonds. The van der Waals surface area contributed by atoms with Crippen molar-refractivity contribution in [2.75, 3.05) is 0 Å². The van der Waals surface area contributed by atoms with Crippen molar-refractivity contribution in [3.8, 4) is 0 Å². The Bertz CT molecular complexity index is 145. The van der Waals surface area contributed by atoms with E-state index in [1.54, 1.807) is 0 Å². The van der Waals surface area contributed by atoms with Crippen LogP contribution < -0.4 is 35.3 Å². The van der Waals surface area contributed by atoms with E-state index in [9.17, 15) is 9.36 Å². The molecule has 0 bridgehead atoms. The molecule has 0 rings (SSSR count). The number of phosphoric acid groups is 1. The summed E-state index contributed by atoms with van der Waals surface area (Å²) in [6.45, 7) is 0. The second-order valence-electron chi connectivity index (χ2n) is 0.901. The van der Waals surface area contributed by atoms with Gasteiger partial charge in [-0.15, -0.1) is 0 Å². The number of rotatable bonds is 1. The van der Waals surface area contributed by atoms with Crippen LogP contribution in [0.2, 0.25) is 0 Å². The summed E-state index contributed by atoms with van der Waals surface area (Å²) in [4.78, 5) is 25.1. The molecule has 0 aromatic rings. The maximum Gasteiger partial charge on any atom is 1.00 e. The Kier molecular flexibility index (Phi) is 5.75. The first-order valence-corrected chi connectivity index (χ1v) is 2.99. The average molecular weight is 165 g/mol. The molecule has 0 aliphatic carbocycles. The summed E-state index contributed by atoms with van der Waals surface area (Å²) < 4.78 is 12.9. The number of hydrogen-bond donors (Lipinski definition) is 3. The maximum atomic E-state index is 9.61. The van der Waals surface area contributed by atoms with Gasteiger partial charge in [0.05, 0.1) is 0 Å². The molecule has 0 aromatic carbocycles. The van der Waals surface area contributed by atoms with Gasteiger partial charge in [-0.05, 0) is 0 Å². The zero-order chi connectivity index (χ0) is 6.78. The van der Waals surface area contributed by atoms with Crippen molar-refractivity contribution in [1.82, 2.24) is 0 Å². The molecular weight excluding hydrogens is 160 g/mol. The monoisotopic (exact) mass is 165 g/mol. The first kappa shape index (κ1) is 12.1. The molecule has 0 aliphatic heterocycles. The summed E-state index contributed by atoms with van der Waals surface area (Å²) in [6, 6.07) is 0. The van der Waals surface area contributed by atoms with E-state index in [2.05, 4.69) is 10.3 Å². The van der Waals surface area contributed by atoms with Crippen LogP contribution in [0, 0.1) is 0 Å². The smallest absolute Gasteiger partial charge is 1.00 e. The Hall–Kier alpha value is 0.420. The molecule has 0 aromatic heterocycles. The number of primary amides is 1. The van der Waals surface area contributed by atoms with Gasteiger partial charge in [-0.2, -0.15) is 0 Å². The molecule has 50 valence electrons. The number of amides is 1. The first-order chi connectivity index (χ1) is 3.42. The average Bonchev–Trinajstić information content (AvgIpc) is 1.21. The molecule has 9 heavy (non-hydrogen) atoms. The van der Waals surface area contributed by atoms with Crippen molar-refractivity contribution in [1.29, 1.82) is 0 Å². The van der Waals surface area contributed by atoms with Gasteiger partial charge in [-0.1, -0.05) is 0 Å². The standard InChI is InChI=1S/CH4NO5P.Na.H/c2-1(3)7-8(4,5)6;;/h(H2,2,3)(H2,4,5,6);;/q;+1;-1. The fraction of sp³-hybridized carbons (Fsp3) is 0. The fourth-order valence-corrected chi connectivity index (χ4v) is 0.352. The van der Waals surface area contributed by atoms with Crippen LogP contribution in [-0.2, 0) is 9.09 Å². The van der Waals surface area contributed by atoms with Crippen LogP contribution in [0.15, 0.2) is 0 Å². The zero-order valence-electron chi connectivity index (χ0n) is 5.64. The van der Waals surface area contributed by atoms with Crippen LogP contribution in [0.3, 0.4) is 0 Å². The van der Waals surface area contributed by atoms with Gasteiger partial charge in [-0.25, -0.2) is 9.36 Å². The maximum absolute atomic E-state index is 9.61. The summed E-state index contributed by atoms with van der Waals surface area (Å²) in [5.74, 6) is 0. The predicted molar refractivity (Wildman–Crippen MR) is 23.8 cm³/mol. The topological polar surface area (TPSA) is 110 Å². The minimum atomic E-state index is -4.70. The molecule has 0 fully saturated rings. The predicted octanol–water partition coefficient (Wildman–Crippen LogP) is -3.71. The van der Waals surface area contributed by atoms with Crippen LogP contribution in [0.25, 0.3) is 0 Å². The van der Waals surface area contributed by atoms with E-state index in [1.807, 2.05) is 0 Å². The van der Waals surface area contributed by atoms with E-state index in [-0.39, 0.29) is 31.0 Å². The van der Waals surface area contributed by atoms with E-state index in [0.717, 1.165) is 0 Å². The van der Waals surface area contributed by atoms with Crippen LogP contribution in [0.1, 0.15) is 1.43 Å². The van der Waals surface area contributed by atoms with E-state index in [0.29, 0.717) is 0 Å². The van der Waals surface area contributed by atoms with E-state index in [4.69, 9.17) is 9.79 Å². The van der Waals surface area contributed by atoms with Gasteiger partial charge in [-0.3, -0.25) is 9.79 Å². The molecule has 0 saturated carbocycles. The summed E-state index contributed by atoms with van der Waals surface area (Å²) in [5.41, 5.74) is 4.23. The molecule has 8 heteroatoms. The van der Waals surface area contributed by atoms with Crippen LogP contribution in [0.4, 0.5) is 4.79 Å². The number of carbonyl (C=O) groups excluding carboxylic acids is 1. The third kappa shape index (κ3) is 11.8. The second kappa shape index (κ2) is 4.27. The molecule has 0 saturated heterocycles. The van der Waals surface area contributed by atoms with Gasteiger partial charge in [0.15, 0.2) is 0 Å². The Morgan fingerprint density at radius 1 is 1.67 bits per heavy atom. The number of nitrogens with two attached hydrogens (primary N) is 1. The third-order valence-electron chi connectivity index (χ3n) is 0.209. The van der Waals surface area contributed by atoms with E-state index >= 15 is 0 Å². The van der Waals surface area contributed by atoms with Crippen molar-refractivity contribution in [2.45, 2.75) is 0 Å². The minimum Gasteiger partial charge on any atom is -1.00 e. The number of phosphoric ester groups is 1. The molecular formula is CH5NNaO5P. The van der Waals surface area contributed by atoms with Crippen molar-refractivity contribution in [3.63, 3.8) is 0 Å². The number of carbonyl (C=O) groups is 1. The summed E-state index contributed by atoms with van der Waals surface area (Å²) in [5, 5.41) is 0. The van der Waals surface area contributed by atoms with Gasteiger partial charge < -0.3 is 11.7 Å². The fourth-order valence-electron chi connectivity index (χ4n) is 0.117. The normalized spacial score (nSPS) is 9.56. The molecule has 0 heterocycles. The largest absolute Gasteiger partial charge is 1.00 e. The van der Waals surface area contributed by atoms with Gasteiger partial charge >= 0.3 is 43.5 Å². The summed E-state index contributed by atoms with van der Waals surface area (Å²) in [6.07, 6.45) is -1.49. The van der Waals surface area contributed by atoms with Gasteiger partial charge in [0.2, 0.25) is 0 Å². The molecule has 0 aliphatic rings. The van der Waals surface area contributed by atoms with Crippen LogP contribution >= 0.6 is 7.82 Å². The molecule has 4 N–H and O–H groups in total. The summed E-state index contributed by atoms with van der Waals surface area (Å²) >= 11 is 0. The second-order valence-corrected chi connectivity index (χ2v) is 2.06. The van der Waals surface area contributed by atoms with E-state index < -0.39 is 13.9 Å². The van der Waals surface area contributed by atoms with Crippen LogP contribution in [0.5, 0.6) is 0 Å². The van der Waals surface area contributed by atoms with E-state index in [1.165, 1.54) is 0 Å². The third-order valence-corrected chi connectivity index (χ3v) is 0.627. The van der Waals surface area contributed by atoms with Crippen molar-refractivity contribution in [2.24, 2.45) is 5.73 Å². The zero-order valence-corrected chi connectivity index (χ0v) is 7.54. The summed E-state index contributed by atoms with van der Waals surface area (Å²) in [7, 11) is -4.70. The number of hydrogen-bond acceptors (Lipinski definition) is 3. The SMILES string of the molecule is NC(=O)OP(=O)(O)O.[H-].[Na+]. The Balaban J connectivity index is -0.000000245. The van der Waals surface area contributed by atoms with Gasteiger partial charge in [0, 0.05) is 0 Å². The Morgan fingerprint density at radius 3 is 2.00 bits per heavy atom. The molecule has 0 atom stereocenters. The van der Waals surface area contributed by atoms with Gasteiger partial charge in [0.25, 0.3) is 0 Å². The minimum absolute atomic E-state index is 0. The first-order valence-electron chi connectivity index (χ1n) is 1.46. The molecule has 6 nitrogen and oxygen atoms in total. The van der Waals surface area contributed by atoms with Crippen molar-refractivity contribution < 1.29 is 54.7 Å². The Labute approximate surface area is 74.4 Å². The van der Waals surface area contributed by atoms with Crippen molar-refractivity contribution >= 4 is 13.9 Å². The van der Waals surface area contributed by atoms with Crippen molar-refractivity contribution in [3.05, 3.63) is 0 Å². The quantitative estimate of drug-likeness (QED) is 0.273. The molecule has 0 spiro atoms. The van der Waals surface area contributed by atoms with Gasteiger partial charge in [0.1, 0.15) is 0 Å². The molecule has 0 unspecified atom stereocenters. The Morgan fingerprint density at radius 2 is 2.00 bits per heavy atom. The van der Waals surface area contributed by atoms with Crippen LogP contribution in [-0.4, -0.2) is 15.9 Å².